The maximum atomic E-state index is 12.2. The molecule has 0 saturated carbocycles. The van der Waals surface area contributed by atoms with Crippen LogP contribution in [0.5, 0.6) is 5.75 Å². The Balaban J connectivity index is 2.30. The minimum atomic E-state index is -1.46. The van der Waals surface area contributed by atoms with E-state index in [0.29, 0.717) is 16.3 Å². The molecule has 0 radical (unpaired) electrons. The average Bonchev–Trinajstić information content (AvgIpc) is 2.58. The molecule has 5 nitrogen and oxygen atoms in total. The molecule has 114 valence electrons. The van der Waals surface area contributed by atoms with Crippen LogP contribution in [0.3, 0.4) is 0 Å². The van der Waals surface area contributed by atoms with E-state index in [-0.39, 0.29) is 6.61 Å². The molecule has 2 aromatic carbocycles. The zero-order valence-electron chi connectivity index (χ0n) is 12.0. The SMILES string of the molecule is COC(COc1ccc(Cl)cc1)(C(=O)N=N)c1ccccc1. The molecule has 0 aliphatic carbocycles. The number of nitrogens with zero attached hydrogens (tertiary/aromatic N) is 1. The highest BCUT2D eigenvalue weighted by molar-refractivity contribution is 6.30. The van der Waals surface area contributed by atoms with Crippen molar-refractivity contribution >= 4 is 17.5 Å². The fourth-order valence-electron chi connectivity index (χ4n) is 2.05. The van der Waals surface area contributed by atoms with Gasteiger partial charge in [0.25, 0.3) is 0 Å². The van der Waals surface area contributed by atoms with Gasteiger partial charge in [-0.25, -0.2) is 5.53 Å². The summed E-state index contributed by atoms with van der Waals surface area (Å²) < 4.78 is 11.1. The zero-order chi connectivity index (χ0) is 16.0. The standard InChI is InChI=1S/C16H15ClN2O3/c1-21-16(15(20)19-18,12-5-3-2-4-6-12)11-22-14-9-7-13(17)8-10-14/h2-10,18H,11H2,1H3. The maximum Gasteiger partial charge on any atom is 0.304 e. The molecule has 0 heterocycles. The van der Waals surface area contributed by atoms with Crippen molar-refractivity contribution in [3.63, 3.8) is 0 Å². The van der Waals surface area contributed by atoms with Gasteiger partial charge >= 0.3 is 5.91 Å². The third kappa shape index (κ3) is 3.32. The van der Waals surface area contributed by atoms with Gasteiger partial charge in [0, 0.05) is 12.1 Å². The van der Waals surface area contributed by atoms with E-state index in [1.807, 2.05) is 6.07 Å². The number of benzene rings is 2. The third-order valence-corrected chi connectivity index (χ3v) is 3.54. The average molecular weight is 319 g/mol. The predicted molar refractivity (Wildman–Crippen MR) is 82.2 cm³/mol. The van der Waals surface area contributed by atoms with Crippen LogP contribution in [-0.2, 0) is 15.1 Å². The Morgan fingerprint density at radius 1 is 1.18 bits per heavy atom. The van der Waals surface area contributed by atoms with Crippen LogP contribution in [0.4, 0.5) is 0 Å². The summed E-state index contributed by atoms with van der Waals surface area (Å²) in [5.74, 6) is -0.185. The molecule has 1 N–H and O–H groups in total. The van der Waals surface area contributed by atoms with E-state index in [2.05, 4.69) is 5.11 Å². The summed E-state index contributed by atoms with van der Waals surface area (Å²) in [6.45, 7) is -0.101. The highest BCUT2D eigenvalue weighted by Crippen LogP contribution is 2.28. The smallest absolute Gasteiger partial charge is 0.304 e. The molecule has 0 spiro atoms. The first-order valence-corrected chi connectivity index (χ1v) is 6.91. The Bertz CT molecular complexity index is 646. The van der Waals surface area contributed by atoms with Gasteiger partial charge in [-0.2, -0.15) is 0 Å². The number of carbonyl (C=O) groups is 1. The minimum Gasteiger partial charge on any atom is -0.490 e. The summed E-state index contributed by atoms with van der Waals surface area (Å²) in [4.78, 5) is 12.2. The van der Waals surface area contributed by atoms with Crippen molar-refractivity contribution in [2.45, 2.75) is 5.60 Å². The Morgan fingerprint density at radius 3 is 2.36 bits per heavy atom. The largest absolute Gasteiger partial charge is 0.490 e. The molecule has 2 aromatic rings. The number of rotatable bonds is 6. The molecule has 0 aliphatic rings. The number of methoxy groups -OCH3 is 1. The summed E-state index contributed by atoms with van der Waals surface area (Å²) in [6.07, 6.45) is 0. The fraction of sp³-hybridized carbons (Fsp3) is 0.188. The second-order valence-corrected chi connectivity index (χ2v) is 4.99. The molecule has 22 heavy (non-hydrogen) atoms. The van der Waals surface area contributed by atoms with Crippen LogP contribution in [0.15, 0.2) is 59.7 Å². The van der Waals surface area contributed by atoms with Crippen LogP contribution in [-0.4, -0.2) is 19.6 Å². The van der Waals surface area contributed by atoms with E-state index in [4.69, 9.17) is 26.6 Å². The number of hydrogen-bond donors (Lipinski definition) is 1. The van der Waals surface area contributed by atoms with Crippen molar-refractivity contribution in [3.8, 4) is 5.75 Å². The first-order valence-electron chi connectivity index (χ1n) is 6.53. The minimum absolute atomic E-state index is 0.101. The molecular weight excluding hydrogens is 304 g/mol. The van der Waals surface area contributed by atoms with Gasteiger partial charge in [0.2, 0.25) is 5.60 Å². The summed E-state index contributed by atoms with van der Waals surface area (Å²) in [5.41, 5.74) is 6.17. The number of nitrogens with one attached hydrogen (secondary N) is 1. The lowest BCUT2D eigenvalue weighted by atomic mass is 9.93. The van der Waals surface area contributed by atoms with Crippen LogP contribution in [0.2, 0.25) is 5.02 Å². The third-order valence-electron chi connectivity index (χ3n) is 3.29. The molecule has 6 heteroatoms. The Labute approximate surface area is 133 Å². The lowest BCUT2D eigenvalue weighted by Gasteiger charge is -2.28. The molecule has 1 amide bonds. The first-order chi connectivity index (χ1) is 10.6. The topological polar surface area (TPSA) is 71.7 Å². The molecular formula is C16H15ClN2O3. The van der Waals surface area contributed by atoms with E-state index in [9.17, 15) is 4.79 Å². The molecule has 2 rings (SSSR count). The lowest BCUT2D eigenvalue weighted by Crippen LogP contribution is -2.42. The maximum absolute atomic E-state index is 12.2. The molecule has 0 aliphatic heterocycles. The summed E-state index contributed by atoms with van der Waals surface area (Å²) in [7, 11) is 1.39. The number of carbonyl (C=O) groups excluding carboxylic acids is 1. The Morgan fingerprint density at radius 2 is 1.82 bits per heavy atom. The van der Waals surface area contributed by atoms with E-state index in [0.717, 1.165) is 0 Å². The number of ether oxygens (including phenoxy) is 2. The van der Waals surface area contributed by atoms with Crippen LogP contribution in [0, 0.1) is 5.53 Å². The van der Waals surface area contributed by atoms with Crippen molar-refractivity contribution in [3.05, 3.63) is 65.2 Å². The molecule has 1 unspecified atom stereocenters. The number of halogens is 1. The van der Waals surface area contributed by atoms with E-state index >= 15 is 0 Å². The van der Waals surface area contributed by atoms with Crippen molar-refractivity contribution in [1.29, 1.82) is 5.53 Å². The second-order valence-electron chi connectivity index (χ2n) is 4.56. The van der Waals surface area contributed by atoms with Gasteiger partial charge in [0.15, 0.2) is 0 Å². The zero-order valence-corrected chi connectivity index (χ0v) is 12.7. The van der Waals surface area contributed by atoms with E-state index in [1.165, 1.54) is 7.11 Å². The van der Waals surface area contributed by atoms with Crippen LogP contribution in [0.25, 0.3) is 0 Å². The van der Waals surface area contributed by atoms with Gasteiger partial charge in [-0.05, 0) is 29.8 Å². The summed E-state index contributed by atoms with van der Waals surface area (Å²) in [6, 6.07) is 15.6. The highest BCUT2D eigenvalue weighted by atomic mass is 35.5. The van der Waals surface area contributed by atoms with Crippen LogP contribution in [0.1, 0.15) is 5.56 Å². The lowest BCUT2D eigenvalue weighted by molar-refractivity contribution is -0.146. The molecule has 0 fully saturated rings. The van der Waals surface area contributed by atoms with Crippen molar-refractivity contribution in [1.82, 2.24) is 0 Å². The van der Waals surface area contributed by atoms with Crippen LogP contribution >= 0.6 is 11.6 Å². The van der Waals surface area contributed by atoms with Crippen molar-refractivity contribution < 1.29 is 14.3 Å². The predicted octanol–water partition coefficient (Wildman–Crippen LogP) is 3.82. The summed E-state index contributed by atoms with van der Waals surface area (Å²) in [5, 5.41) is 3.61. The monoisotopic (exact) mass is 318 g/mol. The summed E-state index contributed by atoms with van der Waals surface area (Å²) >= 11 is 5.82. The Hall–Kier alpha value is -2.24. The highest BCUT2D eigenvalue weighted by Gasteiger charge is 2.42. The second kappa shape index (κ2) is 7.15. The van der Waals surface area contributed by atoms with Crippen LogP contribution < -0.4 is 4.74 Å². The molecule has 0 bridgehead atoms. The fourth-order valence-corrected chi connectivity index (χ4v) is 2.17. The number of hydrogen-bond acceptors (Lipinski definition) is 4. The first kappa shape index (κ1) is 16.1. The van der Waals surface area contributed by atoms with E-state index in [1.54, 1.807) is 48.5 Å². The quantitative estimate of drug-likeness (QED) is 0.823. The van der Waals surface area contributed by atoms with Gasteiger partial charge in [-0.15, -0.1) is 5.11 Å². The molecule has 1 atom stereocenters. The van der Waals surface area contributed by atoms with Gasteiger partial charge < -0.3 is 9.47 Å². The van der Waals surface area contributed by atoms with Crippen molar-refractivity contribution in [2.75, 3.05) is 13.7 Å². The molecule has 0 aromatic heterocycles. The van der Waals surface area contributed by atoms with Gasteiger partial charge in [0.05, 0.1) is 0 Å². The normalized spacial score (nSPS) is 13.2. The van der Waals surface area contributed by atoms with Gasteiger partial charge in [-0.3, -0.25) is 4.79 Å². The van der Waals surface area contributed by atoms with E-state index < -0.39 is 11.5 Å². The Kier molecular flexibility index (Phi) is 5.25. The van der Waals surface area contributed by atoms with Gasteiger partial charge in [-0.1, -0.05) is 41.9 Å². The molecule has 0 saturated heterocycles. The number of amides is 1. The van der Waals surface area contributed by atoms with Crippen molar-refractivity contribution in [2.24, 2.45) is 5.11 Å². The van der Waals surface area contributed by atoms with Gasteiger partial charge in [0.1, 0.15) is 12.4 Å².